The monoisotopic (exact) mass is 475 g/mol. The highest BCUT2D eigenvalue weighted by Crippen LogP contribution is 2.38. The molecule has 9 heteroatoms. The number of hydrogen-bond acceptors (Lipinski definition) is 6. The number of piperazine rings is 1. The molecule has 1 saturated heterocycles. The fraction of sp³-hybridized carbons (Fsp3) is 0.385. The smallest absolute Gasteiger partial charge is 0.163 e. The van der Waals surface area contributed by atoms with Crippen LogP contribution >= 0.6 is 0 Å². The highest BCUT2D eigenvalue weighted by atomic mass is 19.2. The number of fused-ring (bicyclic) bond motifs is 3. The molecule has 3 aromatic heterocycles. The van der Waals surface area contributed by atoms with Crippen molar-refractivity contribution in [3.8, 4) is 11.4 Å². The first-order valence-electron chi connectivity index (χ1n) is 12.2. The molecule has 7 nitrogen and oxygen atoms in total. The van der Waals surface area contributed by atoms with Gasteiger partial charge in [0.25, 0.3) is 0 Å². The van der Waals surface area contributed by atoms with E-state index < -0.39 is 11.6 Å². The molecule has 0 N–H and O–H groups in total. The van der Waals surface area contributed by atoms with E-state index in [1.165, 1.54) is 17.8 Å². The van der Waals surface area contributed by atoms with E-state index >= 15 is 0 Å². The van der Waals surface area contributed by atoms with E-state index in [-0.39, 0.29) is 0 Å². The minimum Gasteiger partial charge on any atom is -0.352 e. The van der Waals surface area contributed by atoms with Crippen LogP contribution in [0.15, 0.2) is 43.0 Å². The summed E-state index contributed by atoms with van der Waals surface area (Å²) in [7, 11) is 0. The van der Waals surface area contributed by atoms with Crippen LogP contribution in [-0.2, 0) is 19.4 Å². The summed E-state index contributed by atoms with van der Waals surface area (Å²) in [5.41, 5.74) is 5.12. The van der Waals surface area contributed by atoms with Crippen LogP contribution in [0.4, 0.5) is 14.6 Å². The van der Waals surface area contributed by atoms with Gasteiger partial charge in [-0.2, -0.15) is 0 Å². The first-order chi connectivity index (χ1) is 17.2. The van der Waals surface area contributed by atoms with Crippen LogP contribution in [0.1, 0.15) is 24.1 Å². The zero-order valence-electron chi connectivity index (χ0n) is 19.5. The van der Waals surface area contributed by atoms with Gasteiger partial charge >= 0.3 is 0 Å². The first kappa shape index (κ1) is 22.0. The van der Waals surface area contributed by atoms with E-state index in [4.69, 9.17) is 9.97 Å². The Morgan fingerprint density at radius 1 is 0.857 bits per heavy atom. The van der Waals surface area contributed by atoms with E-state index in [9.17, 15) is 8.78 Å². The van der Waals surface area contributed by atoms with Gasteiger partial charge in [-0.3, -0.25) is 4.90 Å². The van der Waals surface area contributed by atoms with Crippen LogP contribution in [0.5, 0.6) is 0 Å². The largest absolute Gasteiger partial charge is 0.352 e. The topological polar surface area (TPSA) is 63.0 Å². The van der Waals surface area contributed by atoms with Crippen molar-refractivity contribution in [2.24, 2.45) is 0 Å². The third-order valence-corrected chi connectivity index (χ3v) is 7.13. The van der Waals surface area contributed by atoms with Crippen molar-refractivity contribution in [1.82, 2.24) is 29.4 Å². The average Bonchev–Trinajstić information content (AvgIpc) is 3.25. The molecule has 0 spiro atoms. The van der Waals surface area contributed by atoms with Crippen LogP contribution in [0, 0.1) is 11.6 Å². The standard InChI is InChI=1S/C26H27F2N7/c27-19-6-5-18(16-20(19)28)7-11-33-12-14-34(15-13-33)26-24-23(31-17-32-26)22(25-29-8-3-9-30-25)21-4-1-2-10-35(21)24/h3,5-6,8-9,16-17H,1-2,4,7,10-15H2. The van der Waals surface area contributed by atoms with Gasteiger partial charge in [0.2, 0.25) is 0 Å². The third-order valence-electron chi connectivity index (χ3n) is 7.13. The van der Waals surface area contributed by atoms with Crippen LogP contribution in [0.2, 0.25) is 0 Å². The van der Waals surface area contributed by atoms with Crippen LogP contribution in [-0.4, -0.2) is 62.1 Å². The van der Waals surface area contributed by atoms with Crippen molar-refractivity contribution >= 4 is 16.9 Å². The number of hydrogen-bond donors (Lipinski definition) is 0. The quantitative estimate of drug-likeness (QED) is 0.437. The summed E-state index contributed by atoms with van der Waals surface area (Å²) in [6.07, 6.45) is 9.19. The Balaban J connectivity index is 1.24. The van der Waals surface area contributed by atoms with Gasteiger partial charge in [0, 0.05) is 57.4 Å². The van der Waals surface area contributed by atoms with Gasteiger partial charge in [-0.1, -0.05) is 6.07 Å². The highest BCUT2D eigenvalue weighted by molar-refractivity contribution is 5.99. The number of aromatic nitrogens is 5. The Hall–Kier alpha value is -3.46. The first-order valence-corrected chi connectivity index (χ1v) is 12.2. The Kier molecular flexibility index (Phi) is 5.85. The summed E-state index contributed by atoms with van der Waals surface area (Å²) in [6.45, 7) is 5.24. The summed E-state index contributed by atoms with van der Waals surface area (Å²) in [5, 5.41) is 0. The van der Waals surface area contributed by atoms with Gasteiger partial charge in [0.15, 0.2) is 23.3 Å². The molecular formula is C26H27F2N7. The van der Waals surface area contributed by atoms with E-state index in [0.717, 1.165) is 92.3 Å². The molecule has 0 unspecified atom stereocenters. The Morgan fingerprint density at radius 2 is 1.69 bits per heavy atom. The Labute approximate surface area is 202 Å². The fourth-order valence-electron chi connectivity index (χ4n) is 5.34. The van der Waals surface area contributed by atoms with Gasteiger partial charge in [-0.15, -0.1) is 0 Å². The average molecular weight is 476 g/mol. The second kappa shape index (κ2) is 9.30. The molecule has 6 rings (SSSR count). The van der Waals surface area contributed by atoms with Gasteiger partial charge in [-0.05, 0) is 49.4 Å². The lowest BCUT2D eigenvalue weighted by atomic mass is 10.1. The zero-order valence-corrected chi connectivity index (χ0v) is 19.5. The number of benzene rings is 1. The lowest BCUT2D eigenvalue weighted by Gasteiger charge is -2.35. The molecule has 0 saturated carbocycles. The molecule has 0 amide bonds. The minimum absolute atomic E-state index is 0.696. The zero-order chi connectivity index (χ0) is 23.8. The molecule has 2 aliphatic rings. The van der Waals surface area contributed by atoms with Crippen molar-refractivity contribution < 1.29 is 8.78 Å². The second-order valence-electron chi connectivity index (χ2n) is 9.22. The fourth-order valence-corrected chi connectivity index (χ4v) is 5.34. The summed E-state index contributed by atoms with van der Waals surface area (Å²) >= 11 is 0. The van der Waals surface area contributed by atoms with Gasteiger partial charge in [-0.25, -0.2) is 28.7 Å². The van der Waals surface area contributed by atoms with Crippen LogP contribution in [0.25, 0.3) is 22.4 Å². The van der Waals surface area contributed by atoms with Crippen molar-refractivity contribution in [1.29, 1.82) is 0 Å². The van der Waals surface area contributed by atoms with Gasteiger partial charge < -0.3 is 9.47 Å². The summed E-state index contributed by atoms with van der Waals surface area (Å²) in [4.78, 5) is 23.2. The molecule has 1 aromatic carbocycles. The SMILES string of the molecule is Fc1ccc(CCN2CCN(c3ncnc4c(-c5ncccn5)c5n(c34)CCCC5)CC2)cc1F. The molecule has 35 heavy (non-hydrogen) atoms. The number of nitrogens with zero attached hydrogens (tertiary/aromatic N) is 7. The van der Waals surface area contributed by atoms with Crippen LogP contribution in [0.3, 0.4) is 0 Å². The summed E-state index contributed by atoms with van der Waals surface area (Å²) in [5.74, 6) is 0.115. The lowest BCUT2D eigenvalue weighted by molar-refractivity contribution is 0.260. The molecule has 4 aromatic rings. The van der Waals surface area contributed by atoms with E-state index in [1.807, 2.05) is 6.07 Å². The number of rotatable bonds is 5. The molecule has 2 aliphatic heterocycles. The molecule has 0 aliphatic carbocycles. The summed E-state index contributed by atoms with van der Waals surface area (Å²) < 4.78 is 29.1. The maximum atomic E-state index is 13.5. The van der Waals surface area contributed by atoms with Gasteiger partial charge in [0.1, 0.15) is 17.4 Å². The Bertz CT molecular complexity index is 1350. The van der Waals surface area contributed by atoms with E-state index in [0.29, 0.717) is 6.42 Å². The maximum Gasteiger partial charge on any atom is 0.163 e. The molecule has 0 bridgehead atoms. The predicted molar refractivity (Wildman–Crippen MR) is 130 cm³/mol. The Morgan fingerprint density at radius 3 is 2.49 bits per heavy atom. The molecule has 5 heterocycles. The van der Waals surface area contributed by atoms with Crippen molar-refractivity contribution in [2.45, 2.75) is 32.2 Å². The lowest BCUT2D eigenvalue weighted by Crippen LogP contribution is -2.47. The minimum atomic E-state index is -0.798. The molecule has 180 valence electrons. The molecule has 0 atom stereocenters. The van der Waals surface area contributed by atoms with Crippen molar-refractivity contribution in [2.75, 3.05) is 37.6 Å². The van der Waals surface area contributed by atoms with E-state index in [2.05, 4.69) is 24.3 Å². The normalized spacial score (nSPS) is 16.6. The van der Waals surface area contributed by atoms with Crippen LogP contribution < -0.4 is 4.90 Å². The number of halogens is 2. The highest BCUT2D eigenvalue weighted by Gasteiger charge is 2.28. The number of anilines is 1. The molecule has 1 fully saturated rings. The molecule has 0 radical (unpaired) electrons. The number of aryl methyl sites for hydroxylation is 1. The van der Waals surface area contributed by atoms with E-state index in [1.54, 1.807) is 24.8 Å². The predicted octanol–water partition coefficient (Wildman–Crippen LogP) is 3.87. The van der Waals surface area contributed by atoms with Crippen molar-refractivity contribution in [3.63, 3.8) is 0 Å². The van der Waals surface area contributed by atoms with Crippen molar-refractivity contribution in [3.05, 3.63) is 65.9 Å². The molecular weight excluding hydrogens is 448 g/mol. The second-order valence-corrected chi connectivity index (χ2v) is 9.22. The summed E-state index contributed by atoms with van der Waals surface area (Å²) in [6, 6.07) is 6.00. The maximum absolute atomic E-state index is 13.5. The van der Waals surface area contributed by atoms with Gasteiger partial charge in [0.05, 0.1) is 5.56 Å². The third kappa shape index (κ3) is 4.14.